The average molecular weight is 375 g/mol. The molecule has 0 amide bonds. The van der Waals surface area contributed by atoms with Gasteiger partial charge in [0.25, 0.3) is 0 Å². The number of hydrogen-bond donors (Lipinski definition) is 0. The van der Waals surface area contributed by atoms with Crippen molar-refractivity contribution in [2.45, 2.75) is 53.9 Å². The Kier molecular flexibility index (Phi) is 8.44. The largest absolute Gasteiger partial charge is 0.289 e. The SMILES string of the molecule is CC(C)=CCC/C(C)=C/C(C)C(C)Cc1ccc(C(=O)c2ccccc2)cc1. The summed E-state index contributed by atoms with van der Waals surface area (Å²) in [7, 11) is 0. The lowest BCUT2D eigenvalue weighted by atomic mass is 9.87. The minimum Gasteiger partial charge on any atom is -0.289 e. The minimum absolute atomic E-state index is 0.0866. The summed E-state index contributed by atoms with van der Waals surface area (Å²) < 4.78 is 0. The summed E-state index contributed by atoms with van der Waals surface area (Å²) in [6, 6.07) is 17.6. The molecule has 0 radical (unpaired) electrons. The van der Waals surface area contributed by atoms with Gasteiger partial charge in [-0.2, -0.15) is 0 Å². The van der Waals surface area contributed by atoms with Gasteiger partial charge in [0.2, 0.25) is 0 Å². The number of allylic oxidation sites excluding steroid dienone is 4. The van der Waals surface area contributed by atoms with E-state index in [4.69, 9.17) is 0 Å². The molecule has 0 heterocycles. The molecule has 0 aliphatic carbocycles. The van der Waals surface area contributed by atoms with E-state index in [-0.39, 0.29) is 5.78 Å². The van der Waals surface area contributed by atoms with Crippen molar-refractivity contribution < 1.29 is 4.79 Å². The zero-order valence-electron chi connectivity index (χ0n) is 18.0. The smallest absolute Gasteiger partial charge is 0.193 e. The van der Waals surface area contributed by atoms with E-state index in [2.05, 4.69) is 58.9 Å². The lowest BCUT2D eigenvalue weighted by Gasteiger charge is -2.18. The zero-order valence-corrected chi connectivity index (χ0v) is 18.0. The fourth-order valence-corrected chi connectivity index (χ4v) is 3.39. The van der Waals surface area contributed by atoms with Gasteiger partial charge in [0.15, 0.2) is 5.78 Å². The molecule has 2 aromatic carbocycles. The molecule has 0 aliphatic rings. The van der Waals surface area contributed by atoms with Gasteiger partial charge in [-0.1, -0.05) is 91.7 Å². The third-order valence-electron chi connectivity index (χ3n) is 5.35. The van der Waals surface area contributed by atoms with Gasteiger partial charge in [0.1, 0.15) is 0 Å². The Morgan fingerprint density at radius 3 is 2.11 bits per heavy atom. The summed E-state index contributed by atoms with van der Waals surface area (Å²) in [5.41, 5.74) is 5.65. The number of benzene rings is 2. The first-order valence-electron chi connectivity index (χ1n) is 10.4. The Labute approximate surface area is 171 Å². The summed E-state index contributed by atoms with van der Waals surface area (Å²) in [6.07, 6.45) is 8.03. The van der Waals surface area contributed by atoms with Crippen LogP contribution < -0.4 is 0 Å². The van der Waals surface area contributed by atoms with Crippen LogP contribution in [0.5, 0.6) is 0 Å². The van der Waals surface area contributed by atoms with Gasteiger partial charge in [-0.05, 0) is 57.4 Å². The van der Waals surface area contributed by atoms with Crippen molar-refractivity contribution in [2.75, 3.05) is 0 Å². The highest BCUT2D eigenvalue weighted by Gasteiger charge is 2.12. The Balaban J connectivity index is 1.93. The van der Waals surface area contributed by atoms with E-state index in [1.54, 1.807) is 0 Å². The zero-order chi connectivity index (χ0) is 20.5. The van der Waals surface area contributed by atoms with E-state index in [0.717, 1.165) is 30.4 Å². The Morgan fingerprint density at radius 2 is 1.50 bits per heavy atom. The standard InChI is InChI=1S/C27H34O/c1-20(2)10-9-11-21(3)18-22(4)23(5)19-24-14-16-26(17-15-24)27(28)25-12-7-6-8-13-25/h6-8,10,12-18,22-23H,9,11,19H2,1-5H3/b21-18+. The number of carbonyl (C=O) groups excluding carboxylic acids is 1. The highest BCUT2D eigenvalue weighted by Crippen LogP contribution is 2.22. The highest BCUT2D eigenvalue weighted by atomic mass is 16.1. The average Bonchev–Trinajstić information content (AvgIpc) is 2.68. The van der Waals surface area contributed by atoms with Crippen LogP contribution in [0.15, 0.2) is 77.9 Å². The molecular weight excluding hydrogens is 340 g/mol. The van der Waals surface area contributed by atoms with Crippen molar-refractivity contribution in [3.63, 3.8) is 0 Å². The minimum atomic E-state index is 0.0866. The van der Waals surface area contributed by atoms with Gasteiger partial charge in [-0.25, -0.2) is 0 Å². The van der Waals surface area contributed by atoms with Crippen LogP contribution in [-0.4, -0.2) is 5.78 Å². The molecular formula is C27H34O. The maximum atomic E-state index is 12.5. The Bertz CT molecular complexity index is 805. The first-order chi connectivity index (χ1) is 13.4. The van der Waals surface area contributed by atoms with Crippen LogP contribution in [0.4, 0.5) is 0 Å². The number of carbonyl (C=O) groups is 1. The van der Waals surface area contributed by atoms with Crippen LogP contribution >= 0.6 is 0 Å². The number of ketones is 1. The second kappa shape index (κ2) is 10.8. The fraction of sp³-hybridized carbons (Fsp3) is 0.370. The number of rotatable bonds is 9. The molecule has 0 aliphatic heterocycles. The van der Waals surface area contributed by atoms with E-state index >= 15 is 0 Å². The quantitative estimate of drug-likeness (QED) is 0.329. The summed E-state index contributed by atoms with van der Waals surface area (Å²) >= 11 is 0. The molecule has 2 rings (SSSR count). The van der Waals surface area contributed by atoms with Crippen molar-refractivity contribution in [3.05, 3.63) is 94.6 Å². The first-order valence-corrected chi connectivity index (χ1v) is 10.4. The van der Waals surface area contributed by atoms with Crippen LogP contribution in [-0.2, 0) is 6.42 Å². The topological polar surface area (TPSA) is 17.1 Å². The second-order valence-corrected chi connectivity index (χ2v) is 8.27. The van der Waals surface area contributed by atoms with Crippen molar-refractivity contribution in [2.24, 2.45) is 11.8 Å². The predicted molar refractivity (Wildman–Crippen MR) is 121 cm³/mol. The van der Waals surface area contributed by atoms with Gasteiger partial charge in [0, 0.05) is 11.1 Å². The molecule has 148 valence electrons. The Morgan fingerprint density at radius 1 is 0.893 bits per heavy atom. The predicted octanol–water partition coefficient (Wildman–Crippen LogP) is 7.43. The molecule has 1 heteroatoms. The van der Waals surface area contributed by atoms with Crippen LogP contribution in [0, 0.1) is 11.8 Å². The molecule has 0 bridgehead atoms. The van der Waals surface area contributed by atoms with E-state index in [0.29, 0.717) is 11.8 Å². The van der Waals surface area contributed by atoms with Gasteiger partial charge < -0.3 is 0 Å². The second-order valence-electron chi connectivity index (χ2n) is 8.27. The molecule has 2 atom stereocenters. The van der Waals surface area contributed by atoms with Crippen LogP contribution in [0.3, 0.4) is 0 Å². The molecule has 0 saturated heterocycles. The summed E-state index contributed by atoms with van der Waals surface area (Å²) in [6.45, 7) is 11.2. The molecule has 1 nitrogen and oxygen atoms in total. The first kappa shape index (κ1) is 21.9. The number of hydrogen-bond acceptors (Lipinski definition) is 1. The normalized spacial score (nSPS) is 13.7. The van der Waals surface area contributed by atoms with Crippen molar-refractivity contribution in [1.82, 2.24) is 0 Å². The van der Waals surface area contributed by atoms with Gasteiger partial charge in [-0.3, -0.25) is 4.79 Å². The molecule has 0 fully saturated rings. The molecule has 28 heavy (non-hydrogen) atoms. The Hall–Kier alpha value is -2.41. The summed E-state index contributed by atoms with van der Waals surface area (Å²) in [5.74, 6) is 1.19. The third kappa shape index (κ3) is 6.96. The fourth-order valence-electron chi connectivity index (χ4n) is 3.39. The van der Waals surface area contributed by atoms with Crippen LogP contribution in [0.2, 0.25) is 0 Å². The molecule has 0 N–H and O–H groups in total. The van der Waals surface area contributed by atoms with E-state index in [9.17, 15) is 4.79 Å². The highest BCUT2D eigenvalue weighted by molar-refractivity contribution is 6.08. The van der Waals surface area contributed by atoms with Gasteiger partial charge >= 0.3 is 0 Å². The van der Waals surface area contributed by atoms with Gasteiger partial charge in [-0.15, -0.1) is 0 Å². The lowest BCUT2D eigenvalue weighted by Crippen LogP contribution is -2.10. The monoisotopic (exact) mass is 374 g/mol. The molecule has 2 aromatic rings. The lowest BCUT2D eigenvalue weighted by molar-refractivity contribution is 0.103. The molecule has 2 unspecified atom stereocenters. The molecule has 0 aromatic heterocycles. The van der Waals surface area contributed by atoms with E-state index in [1.807, 2.05) is 42.5 Å². The third-order valence-corrected chi connectivity index (χ3v) is 5.35. The summed E-state index contributed by atoms with van der Waals surface area (Å²) in [5, 5.41) is 0. The van der Waals surface area contributed by atoms with Crippen molar-refractivity contribution in [1.29, 1.82) is 0 Å². The summed E-state index contributed by atoms with van der Waals surface area (Å²) in [4.78, 5) is 12.5. The van der Waals surface area contributed by atoms with Crippen LogP contribution in [0.1, 0.15) is 68.9 Å². The maximum Gasteiger partial charge on any atom is 0.193 e. The van der Waals surface area contributed by atoms with E-state index < -0.39 is 0 Å². The van der Waals surface area contributed by atoms with Crippen LogP contribution in [0.25, 0.3) is 0 Å². The maximum absolute atomic E-state index is 12.5. The van der Waals surface area contributed by atoms with Crippen molar-refractivity contribution >= 4 is 5.78 Å². The molecule has 0 spiro atoms. The molecule has 0 saturated carbocycles. The van der Waals surface area contributed by atoms with Gasteiger partial charge in [0.05, 0.1) is 0 Å². The van der Waals surface area contributed by atoms with E-state index in [1.165, 1.54) is 16.7 Å². The van der Waals surface area contributed by atoms with Crippen molar-refractivity contribution in [3.8, 4) is 0 Å².